The summed E-state index contributed by atoms with van der Waals surface area (Å²) >= 11 is 0. The van der Waals surface area contributed by atoms with Gasteiger partial charge in [-0.1, -0.05) is 37.3 Å². The molecule has 3 nitrogen and oxygen atoms in total. The molecule has 0 bridgehead atoms. The minimum Gasteiger partial charge on any atom is -0.335 e. The summed E-state index contributed by atoms with van der Waals surface area (Å²) in [5.41, 5.74) is 0.957. The lowest BCUT2D eigenvalue weighted by Crippen LogP contribution is -2.39. The first-order chi connectivity index (χ1) is 6.77. The molecule has 0 aliphatic carbocycles. The smallest absolute Gasteiger partial charge is 0.315 e. The van der Waals surface area contributed by atoms with E-state index >= 15 is 0 Å². The molecule has 2 rings (SSSR count). The van der Waals surface area contributed by atoms with Gasteiger partial charge in [0, 0.05) is 6.54 Å². The highest BCUT2D eigenvalue weighted by atomic mass is 16.2. The zero-order chi connectivity index (χ0) is 10.0. The Morgan fingerprint density at radius 1 is 1.36 bits per heavy atom. The van der Waals surface area contributed by atoms with Crippen molar-refractivity contribution in [3.05, 3.63) is 35.9 Å². The highest BCUT2D eigenvalue weighted by molar-refractivity contribution is 5.78. The number of rotatable bonds is 2. The van der Waals surface area contributed by atoms with Gasteiger partial charge in [0.05, 0.1) is 5.54 Å². The fourth-order valence-electron chi connectivity index (χ4n) is 1.89. The molecule has 1 atom stereocenters. The van der Waals surface area contributed by atoms with E-state index in [4.69, 9.17) is 0 Å². The average molecular weight is 190 g/mol. The van der Waals surface area contributed by atoms with Crippen molar-refractivity contribution in [3.63, 3.8) is 0 Å². The van der Waals surface area contributed by atoms with E-state index in [9.17, 15) is 4.79 Å². The second-order valence-corrected chi connectivity index (χ2v) is 3.61. The molecule has 1 aliphatic heterocycles. The third kappa shape index (κ3) is 1.35. The molecule has 0 unspecified atom stereocenters. The zero-order valence-electron chi connectivity index (χ0n) is 8.21. The van der Waals surface area contributed by atoms with Crippen LogP contribution in [0.1, 0.15) is 18.9 Å². The Hall–Kier alpha value is -1.51. The van der Waals surface area contributed by atoms with E-state index in [0.29, 0.717) is 6.54 Å². The first kappa shape index (κ1) is 9.06. The van der Waals surface area contributed by atoms with Crippen LogP contribution in [0.3, 0.4) is 0 Å². The van der Waals surface area contributed by atoms with Gasteiger partial charge in [-0.3, -0.25) is 0 Å². The molecule has 1 saturated heterocycles. The minimum absolute atomic E-state index is 0.0734. The number of hydrogen-bond acceptors (Lipinski definition) is 1. The van der Waals surface area contributed by atoms with E-state index in [1.165, 1.54) is 5.56 Å². The molecule has 1 heterocycles. The van der Waals surface area contributed by atoms with Crippen LogP contribution >= 0.6 is 0 Å². The van der Waals surface area contributed by atoms with Crippen molar-refractivity contribution < 1.29 is 4.79 Å². The summed E-state index contributed by atoms with van der Waals surface area (Å²) in [4.78, 5) is 11.2. The van der Waals surface area contributed by atoms with Gasteiger partial charge in [-0.15, -0.1) is 0 Å². The maximum absolute atomic E-state index is 11.2. The molecule has 74 valence electrons. The van der Waals surface area contributed by atoms with Crippen LogP contribution in [0.15, 0.2) is 30.3 Å². The van der Waals surface area contributed by atoms with Gasteiger partial charge < -0.3 is 10.6 Å². The maximum Gasteiger partial charge on any atom is 0.315 e. The monoisotopic (exact) mass is 190 g/mol. The molecule has 1 aliphatic rings. The standard InChI is InChI=1S/C11H14N2O/c1-2-11(8-12-10(14)13-11)9-6-4-3-5-7-9/h3-7H,2,8H2,1H3,(H2,12,13,14)/t11-/m1/s1. The van der Waals surface area contributed by atoms with E-state index in [0.717, 1.165) is 6.42 Å². The molecule has 14 heavy (non-hydrogen) atoms. The molecular formula is C11H14N2O. The van der Waals surface area contributed by atoms with Crippen LogP contribution in [0.5, 0.6) is 0 Å². The number of carbonyl (C=O) groups excluding carboxylic acids is 1. The number of hydrogen-bond donors (Lipinski definition) is 2. The predicted molar refractivity (Wildman–Crippen MR) is 54.9 cm³/mol. The summed E-state index contributed by atoms with van der Waals surface area (Å²) in [6.45, 7) is 2.76. The van der Waals surface area contributed by atoms with E-state index in [1.807, 2.05) is 18.2 Å². The largest absolute Gasteiger partial charge is 0.335 e. The fraction of sp³-hybridized carbons (Fsp3) is 0.364. The summed E-state index contributed by atoms with van der Waals surface area (Å²) in [6.07, 6.45) is 0.899. The van der Waals surface area contributed by atoms with Crippen molar-refractivity contribution in [1.82, 2.24) is 10.6 Å². The van der Waals surface area contributed by atoms with Crippen LogP contribution in [0.25, 0.3) is 0 Å². The Morgan fingerprint density at radius 2 is 2.07 bits per heavy atom. The lowest BCUT2D eigenvalue weighted by atomic mass is 9.88. The van der Waals surface area contributed by atoms with E-state index in [2.05, 4.69) is 29.7 Å². The van der Waals surface area contributed by atoms with Crippen LogP contribution in [0.4, 0.5) is 4.79 Å². The number of nitrogens with one attached hydrogen (secondary N) is 2. The van der Waals surface area contributed by atoms with Crippen LogP contribution in [0, 0.1) is 0 Å². The third-order valence-electron chi connectivity index (χ3n) is 2.83. The zero-order valence-corrected chi connectivity index (χ0v) is 8.21. The van der Waals surface area contributed by atoms with Crippen molar-refractivity contribution in [2.24, 2.45) is 0 Å². The first-order valence-corrected chi connectivity index (χ1v) is 4.88. The van der Waals surface area contributed by atoms with E-state index < -0.39 is 0 Å². The lowest BCUT2D eigenvalue weighted by molar-refractivity contribution is 0.244. The van der Waals surface area contributed by atoms with Gasteiger partial charge in [-0.05, 0) is 12.0 Å². The summed E-state index contributed by atoms with van der Waals surface area (Å²) in [5.74, 6) is 0. The molecule has 1 fully saturated rings. The molecule has 0 radical (unpaired) electrons. The summed E-state index contributed by atoms with van der Waals surface area (Å²) in [7, 11) is 0. The molecule has 2 N–H and O–H groups in total. The van der Waals surface area contributed by atoms with Crippen LogP contribution < -0.4 is 10.6 Å². The normalized spacial score (nSPS) is 25.6. The maximum atomic E-state index is 11.2. The SMILES string of the molecule is CC[C@]1(c2ccccc2)CNC(=O)N1. The average Bonchev–Trinajstić information content (AvgIpc) is 2.63. The summed E-state index contributed by atoms with van der Waals surface area (Å²) in [5, 5.41) is 5.79. The first-order valence-electron chi connectivity index (χ1n) is 4.88. The Labute approximate surface area is 83.5 Å². The number of urea groups is 1. The van der Waals surface area contributed by atoms with Crippen molar-refractivity contribution in [3.8, 4) is 0 Å². The second-order valence-electron chi connectivity index (χ2n) is 3.61. The summed E-state index contributed by atoms with van der Waals surface area (Å²) < 4.78 is 0. The molecule has 1 aromatic carbocycles. The number of carbonyl (C=O) groups is 1. The molecule has 0 spiro atoms. The number of benzene rings is 1. The number of amides is 2. The minimum atomic E-state index is -0.210. The quantitative estimate of drug-likeness (QED) is 0.730. The fourth-order valence-corrected chi connectivity index (χ4v) is 1.89. The molecule has 1 aromatic rings. The van der Waals surface area contributed by atoms with Crippen LogP contribution in [-0.4, -0.2) is 12.6 Å². The Bertz CT molecular complexity index is 336. The van der Waals surface area contributed by atoms with Gasteiger partial charge in [0.15, 0.2) is 0 Å². The topological polar surface area (TPSA) is 41.1 Å². The summed E-state index contributed by atoms with van der Waals surface area (Å²) in [6, 6.07) is 10.0. The second kappa shape index (κ2) is 3.33. The van der Waals surface area contributed by atoms with Gasteiger partial charge >= 0.3 is 6.03 Å². The van der Waals surface area contributed by atoms with Gasteiger partial charge in [-0.25, -0.2) is 4.79 Å². The van der Waals surface area contributed by atoms with Crippen LogP contribution in [0.2, 0.25) is 0 Å². The van der Waals surface area contributed by atoms with Crippen molar-refractivity contribution in [1.29, 1.82) is 0 Å². The van der Waals surface area contributed by atoms with Crippen molar-refractivity contribution >= 4 is 6.03 Å². The highest BCUT2D eigenvalue weighted by Crippen LogP contribution is 2.26. The van der Waals surface area contributed by atoms with Crippen molar-refractivity contribution in [2.75, 3.05) is 6.54 Å². The van der Waals surface area contributed by atoms with Gasteiger partial charge in [0.25, 0.3) is 0 Å². The molecule has 3 heteroatoms. The highest BCUT2D eigenvalue weighted by Gasteiger charge is 2.37. The lowest BCUT2D eigenvalue weighted by Gasteiger charge is -2.26. The van der Waals surface area contributed by atoms with Gasteiger partial charge in [0.2, 0.25) is 0 Å². The Balaban J connectivity index is 2.34. The van der Waals surface area contributed by atoms with E-state index in [1.54, 1.807) is 0 Å². The van der Waals surface area contributed by atoms with E-state index in [-0.39, 0.29) is 11.6 Å². The molecular weight excluding hydrogens is 176 g/mol. The Kier molecular flexibility index (Phi) is 2.15. The van der Waals surface area contributed by atoms with Crippen molar-refractivity contribution in [2.45, 2.75) is 18.9 Å². The molecule has 0 aromatic heterocycles. The van der Waals surface area contributed by atoms with Crippen LogP contribution in [-0.2, 0) is 5.54 Å². The molecule has 2 amide bonds. The third-order valence-corrected chi connectivity index (χ3v) is 2.83. The predicted octanol–water partition coefficient (Wildman–Crippen LogP) is 1.60. The Morgan fingerprint density at radius 3 is 2.57 bits per heavy atom. The van der Waals surface area contributed by atoms with Gasteiger partial charge in [0.1, 0.15) is 0 Å². The van der Waals surface area contributed by atoms with Gasteiger partial charge in [-0.2, -0.15) is 0 Å². The molecule has 0 saturated carbocycles.